The van der Waals surface area contributed by atoms with Gasteiger partial charge in [-0.3, -0.25) is 4.79 Å². The first-order valence-electron chi connectivity index (χ1n) is 8.74. The summed E-state index contributed by atoms with van der Waals surface area (Å²) in [5, 5.41) is 16.3. The number of amides is 1. The van der Waals surface area contributed by atoms with Gasteiger partial charge in [0, 0.05) is 24.1 Å². The zero-order chi connectivity index (χ0) is 21.1. The van der Waals surface area contributed by atoms with Crippen LogP contribution in [-0.4, -0.2) is 27.8 Å². The maximum absolute atomic E-state index is 14.2. The number of carbonyl (C=O) groups is 1. The zero-order valence-electron chi connectivity index (χ0n) is 15.6. The first kappa shape index (κ1) is 20.5. The second-order valence-electron chi connectivity index (χ2n) is 6.50. The number of nitrogens with zero attached hydrogens (tertiary/aromatic N) is 2. The van der Waals surface area contributed by atoms with Crippen molar-refractivity contribution in [1.82, 2.24) is 15.5 Å². The summed E-state index contributed by atoms with van der Waals surface area (Å²) in [6.07, 6.45) is -1.50. The first-order chi connectivity index (χ1) is 13.8. The zero-order valence-corrected chi connectivity index (χ0v) is 15.6. The Morgan fingerprint density at radius 1 is 1.24 bits per heavy atom. The Morgan fingerprint density at radius 2 is 2.00 bits per heavy atom. The molecule has 152 valence electrons. The Hall–Kier alpha value is -3.20. The molecule has 9 heteroatoms. The molecule has 29 heavy (non-hydrogen) atoms. The number of carbonyl (C=O) groups excluding carboxylic acids is 1. The van der Waals surface area contributed by atoms with Gasteiger partial charge in [0.25, 0.3) is 5.91 Å². The van der Waals surface area contributed by atoms with E-state index in [2.05, 4.69) is 15.5 Å². The summed E-state index contributed by atoms with van der Waals surface area (Å²) in [6.45, 7) is 2.16. The van der Waals surface area contributed by atoms with Gasteiger partial charge in [-0.15, -0.1) is 0 Å². The van der Waals surface area contributed by atoms with Crippen LogP contribution in [0.5, 0.6) is 0 Å². The molecule has 0 aliphatic carbocycles. The molecule has 0 spiro atoms. The van der Waals surface area contributed by atoms with Crippen molar-refractivity contribution in [2.24, 2.45) is 0 Å². The molecule has 1 amide bonds. The molecule has 0 radical (unpaired) electrons. The lowest BCUT2D eigenvalue weighted by Gasteiger charge is -2.15. The lowest BCUT2D eigenvalue weighted by molar-refractivity contribution is 0.0937. The number of nitrogens with one attached hydrogen (secondary N) is 1. The van der Waals surface area contributed by atoms with Crippen molar-refractivity contribution in [3.05, 3.63) is 70.9 Å². The molecule has 0 bridgehead atoms. The van der Waals surface area contributed by atoms with E-state index in [1.165, 1.54) is 24.3 Å². The van der Waals surface area contributed by atoms with Gasteiger partial charge >= 0.3 is 0 Å². The minimum atomic E-state index is -1.50. The summed E-state index contributed by atoms with van der Waals surface area (Å²) in [4.78, 5) is 16.7. The van der Waals surface area contributed by atoms with Crippen LogP contribution in [0.25, 0.3) is 11.1 Å². The summed E-state index contributed by atoms with van der Waals surface area (Å²) < 4.78 is 45.3. The third kappa shape index (κ3) is 4.62. The van der Waals surface area contributed by atoms with E-state index in [0.717, 1.165) is 6.07 Å². The second-order valence-corrected chi connectivity index (χ2v) is 6.50. The van der Waals surface area contributed by atoms with Crippen molar-refractivity contribution in [3.8, 4) is 11.1 Å². The number of aliphatic hydroxyl groups is 1. The Kier molecular flexibility index (Phi) is 5.97. The van der Waals surface area contributed by atoms with Gasteiger partial charge in [0.1, 0.15) is 24.4 Å². The van der Waals surface area contributed by atoms with Gasteiger partial charge in [-0.05, 0) is 48.4 Å². The average molecular weight is 405 g/mol. The van der Waals surface area contributed by atoms with E-state index < -0.39 is 36.4 Å². The molecule has 2 aromatic carbocycles. The fourth-order valence-corrected chi connectivity index (χ4v) is 2.78. The molecule has 2 atom stereocenters. The van der Waals surface area contributed by atoms with E-state index in [0.29, 0.717) is 12.0 Å². The van der Waals surface area contributed by atoms with E-state index in [4.69, 9.17) is 4.52 Å². The van der Waals surface area contributed by atoms with Crippen LogP contribution < -0.4 is 5.32 Å². The standard InChI is InChI=1S/C20H18F3N3O3/c1-10(19-25-11(2)29-26-19)24-20(28)14-6-12(5-13(7-14)18(27)9-21)16-4-3-15(22)8-17(16)23/h3-8,10,18,27H,9H2,1-2H3,(H,24,28)/t10-,18?/m1/s1. The van der Waals surface area contributed by atoms with Crippen molar-refractivity contribution < 1.29 is 27.6 Å². The number of hydrogen-bond acceptors (Lipinski definition) is 5. The Morgan fingerprint density at radius 3 is 2.62 bits per heavy atom. The van der Waals surface area contributed by atoms with Crippen molar-refractivity contribution in [2.45, 2.75) is 26.0 Å². The van der Waals surface area contributed by atoms with Crippen LogP contribution in [0.15, 0.2) is 40.9 Å². The second kappa shape index (κ2) is 8.44. The lowest BCUT2D eigenvalue weighted by Crippen LogP contribution is -2.27. The van der Waals surface area contributed by atoms with E-state index in [9.17, 15) is 23.1 Å². The van der Waals surface area contributed by atoms with Gasteiger partial charge in [-0.25, -0.2) is 13.2 Å². The summed E-state index contributed by atoms with van der Waals surface area (Å²) in [6, 6.07) is 6.40. The van der Waals surface area contributed by atoms with E-state index in [1.807, 2.05) is 0 Å². The molecule has 0 aliphatic rings. The minimum absolute atomic E-state index is 0.00944. The number of rotatable bonds is 6. The van der Waals surface area contributed by atoms with Gasteiger partial charge in [0.2, 0.25) is 5.89 Å². The number of hydrogen-bond donors (Lipinski definition) is 2. The van der Waals surface area contributed by atoms with Gasteiger partial charge in [0.05, 0.1) is 6.04 Å². The maximum atomic E-state index is 14.2. The van der Waals surface area contributed by atoms with Crippen LogP contribution in [0.4, 0.5) is 13.2 Å². The van der Waals surface area contributed by atoms with Gasteiger partial charge in [0.15, 0.2) is 5.82 Å². The lowest BCUT2D eigenvalue weighted by atomic mass is 9.96. The third-order valence-electron chi connectivity index (χ3n) is 4.27. The van der Waals surface area contributed by atoms with Gasteiger partial charge in [-0.1, -0.05) is 5.16 Å². The number of alkyl halides is 1. The number of benzene rings is 2. The largest absolute Gasteiger partial charge is 0.386 e. The molecule has 3 aromatic rings. The van der Waals surface area contributed by atoms with E-state index >= 15 is 0 Å². The van der Waals surface area contributed by atoms with Crippen molar-refractivity contribution in [2.75, 3.05) is 6.67 Å². The monoisotopic (exact) mass is 405 g/mol. The molecular formula is C20H18F3N3O3. The molecule has 1 heterocycles. The van der Waals surface area contributed by atoms with Crippen LogP contribution >= 0.6 is 0 Å². The van der Waals surface area contributed by atoms with Gasteiger partial charge < -0.3 is 14.9 Å². The number of aliphatic hydroxyl groups excluding tert-OH is 1. The molecule has 0 fully saturated rings. The average Bonchev–Trinajstić information content (AvgIpc) is 3.13. The van der Waals surface area contributed by atoms with Crippen LogP contribution in [-0.2, 0) is 0 Å². The Balaban J connectivity index is 1.97. The fourth-order valence-electron chi connectivity index (χ4n) is 2.78. The Bertz CT molecular complexity index is 1040. The highest BCUT2D eigenvalue weighted by atomic mass is 19.1. The van der Waals surface area contributed by atoms with Crippen molar-refractivity contribution in [3.63, 3.8) is 0 Å². The topological polar surface area (TPSA) is 88.2 Å². The Labute approximate surface area is 164 Å². The summed E-state index contributed by atoms with van der Waals surface area (Å²) in [5.41, 5.74) is 0.346. The molecular weight excluding hydrogens is 387 g/mol. The van der Waals surface area contributed by atoms with E-state index in [-0.39, 0.29) is 28.1 Å². The molecule has 0 aliphatic heterocycles. The van der Waals surface area contributed by atoms with Crippen LogP contribution in [0.2, 0.25) is 0 Å². The quantitative estimate of drug-likeness (QED) is 0.651. The molecule has 0 saturated heterocycles. The van der Waals surface area contributed by atoms with Crippen molar-refractivity contribution >= 4 is 5.91 Å². The van der Waals surface area contributed by atoms with Gasteiger partial charge in [-0.2, -0.15) is 4.98 Å². The minimum Gasteiger partial charge on any atom is -0.386 e. The fraction of sp³-hybridized carbons (Fsp3) is 0.250. The molecule has 0 saturated carbocycles. The number of aryl methyl sites for hydroxylation is 1. The predicted octanol–water partition coefficient (Wildman–Crippen LogP) is 3.82. The van der Waals surface area contributed by atoms with Crippen LogP contribution in [0.3, 0.4) is 0 Å². The molecule has 2 N–H and O–H groups in total. The highest BCUT2D eigenvalue weighted by Crippen LogP contribution is 2.28. The molecule has 1 aromatic heterocycles. The van der Waals surface area contributed by atoms with Crippen molar-refractivity contribution in [1.29, 1.82) is 0 Å². The predicted molar refractivity (Wildman–Crippen MR) is 97.6 cm³/mol. The molecule has 1 unspecified atom stereocenters. The highest BCUT2D eigenvalue weighted by Gasteiger charge is 2.19. The molecule has 6 nitrogen and oxygen atoms in total. The molecule has 3 rings (SSSR count). The highest BCUT2D eigenvalue weighted by molar-refractivity contribution is 5.96. The first-order valence-corrected chi connectivity index (χ1v) is 8.74. The number of aromatic nitrogens is 2. The van der Waals surface area contributed by atoms with Crippen LogP contribution in [0.1, 0.15) is 46.7 Å². The van der Waals surface area contributed by atoms with Crippen LogP contribution in [0, 0.1) is 18.6 Å². The summed E-state index contributed by atoms with van der Waals surface area (Å²) >= 11 is 0. The number of halogens is 3. The van der Waals surface area contributed by atoms with E-state index in [1.54, 1.807) is 13.8 Å². The summed E-state index contributed by atoms with van der Waals surface area (Å²) in [7, 11) is 0. The smallest absolute Gasteiger partial charge is 0.251 e. The SMILES string of the molecule is Cc1nc([C@@H](C)NC(=O)c2cc(-c3ccc(F)cc3F)cc(C(O)CF)c2)no1. The third-order valence-corrected chi connectivity index (χ3v) is 4.27. The normalized spacial score (nSPS) is 13.2. The summed E-state index contributed by atoms with van der Waals surface area (Å²) in [5.74, 6) is -1.58. The maximum Gasteiger partial charge on any atom is 0.251 e.